The standard InChI is InChI=1S/C52H30N10S/c1-3-9-37(10-4-1)61-45-17-15-31(23-41(45)49-47(61)13-7-19-55-49)33-21-35(29-53-27-33)43-25-39-40-26-44(58-60-52(40)63-51(39)59-57-43)36-22-34(28-54-30-36)32-16-18-46-42(24-32)50-48(14-8-20-56-50)62(46)38-11-5-2-6-12-38/h1-30H. The molecule has 0 spiro atoms. The first kappa shape index (κ1) is 35.2. The summed E-state index contributed by atoms with van der Waals surface area (Å²) in [5.74, 6) is 0. The van der Waals surface area contributed by atoms with Gasteiger partial charge in [0.15, 0.2) is 0 Å². The van der Waals surface area contributed by atoms with Crippen LogP contribution in [0.4, 0.5) is 0 Å². The lowest BCUT2D eigenvalue weighted by Gasteiger charge is -2.08. The minimum absolute atomic E-state index is 0.723. The van der Waals surface area contributed by atoms with Crippen LogP contribution >= 0.6 is 11.3 Å². The smallest absolute Gasteiger partial charge is 0.148 e. The van der Waals surface area contributed by atoms with Crippen molar-refractivity contribution >= 4 is 75.6 Å². The van der Waals surface area contributed by atoms with Gasteiger partial charge in [0.25, 0.3) is 0 Å². The number of fused-ring (bicyclic) bond motifs is 9. The molecule has 0 saturated heterocycles. The average Bonchev–Trinajstić information content (AvgIpc) is 4.01. The maximum Gasteiger partial charge on any atom is 0.148 e. The van der Waals surface area contributed by atoms with Gasteiger partial charge in [-0.2, -0.15) is 0 Å². The zero-order valence-corrected chi connectivity index (χ0v) is 34.0. The van der Waals surface area contributed by atoms with Crippen LogP contribution in [-0.4, -0.2) is 49.5 Å². The van der Waals surface area contributed by atoms with Crippen molar-refractivity contribution in [2.45, 2.75) is 0 Å². The van der Waals surface area contributed by atoms with Gasteiger partial charge in [-0.25, -0.2) is 0 Å². The van der Waals surface area contributed by atoms with Crippen LogP contribution in [0, 0.1) is 0 Å². The maximum atomic E-state index is 4.81. The Morgan fingerprint density at radius 1 is 0.349 bits per heavy atom. The predicted molar refractivity (Wildman–Crippen MR) is 252 cm³/mol. The van der Waals surface area contributed by atoms with Crippen molar-refractivity contribution in [3.05, 3.63) is 183 Å². The molecule has 0 aliphatic rings. The summed E-state index contributed by atoms with van der Waals surface area (Å²) in [6.45, 7) is 0. The summed E-state index contributed by atoms with van der Waals surface area (Å²) in [6.07, 6.45) is 11.2. The summed E-state index contributed by atoms with van der Waals surface area (Å²) < 4.78 is 4.53. The van der Waals surface area contributed by atoms with E-state index in [1.807, 2.05) is 61.4 Å². The first-order valence-corrected chi connectivity index (χ1v) is 21.3. The Morgan fingerprint density at radius 2 is 0.810 bits per heavy atom. The summed E-state index contributed by atoms with van der Waals surface area (Å²) in [7, 11) is 0. The number of thiophene rings is 1. The molecular formula is C52H30N10S. The second-order valence-corrected chi connectivity index (χ2v) is 16.4. The quantitative estimate of drug-likeness (QED) is 0.163. The summed E-state index contributed by atoms with van der Waals surface area (Å²) in [5, 5.41) is 22.7. The zero-order valence-electron chi connectivity index (χ0n) is 33.2. The Balaban J connectivity index is 0.857. The summed E-state index contributed by atoms with van der Waals surface area (Å²) >= 11 is 1.48. The molecule has 63 heavy (non-hydrogen) atoms. The Labute approximate surface area is 362 Å². The van der Waals surface area contributed by atoms with Gasteiger partial charge in [0.2, 0.25) is 0 Å². The van der Waals surface area contributed by atoms with Crippen LogP contribution in [0.2, 0.25) is 0 Å². The highest BCUT2D eigenvalue weighted by Gasteiger charge is 2.18. The summed E-state index contributed by atoms with van der Waals surface area (Å²) in [5.41, 5.74) is 15.6. The van der Waals surface area contributed by atoms with E-state index in [2.05, 4.69) is 161 Å². The predicted octanol–water partition coefficient (Wildman–Crippen LogP) is 12.1. The first-order valence-electron chi connectivity index (χ1n) is 20.5. The van der Waals surface area contributed by atoms with Crippen molar-refractivity contribution in [2.75, 3.05) is 0 Å². The molecule has 0 unspecified atom stereocenters. The maximum absolute atomic E-state index is 4.81. The molecule has 0 saturated carbocycles. The Kier molecular flexibility index (Phi) is 7.84. The van der Waals surface area contributed by atoms with Gasteiger partial charge in [-0.15, -0.1) is 20.4 Å². The highest BCUT2D eigenvalue weighted by molar-refractivity contribution is 7.25. The van der Waals surface area contributed by atoms with Crippen LogP contribution in [0.1, 0.15) is 0 Å². The largest absolute Gasteiger partial charge is 0.308 e. The Morgan fingerprint density at radius 3 is 1.29 bits per heavy atom. The lowest BCUT2D eigenvalue weighted by Crippen LogP contribution is -1.93. The van der Waals surface area contributed by atoms with Crippen molar-refractivity contribution in [1.82, 2.24) is 49.5 Å². The van der Waals surface area contributed by atoms with Crippen molar-refractivity contribution in [3.63, 3.8) is 0 Å². The molecule has 0 fully saturated rings. The van der Waals surface area contributed by atoms with E-state index in [1.165, 1.54) is 11.3 Å². The molecule has 0 radical (unpaired) electrons. The van der Waals surface area contributed by atoms with Gasteiger partial charge in [0, 0.05) is 92.4 Å². The average molecular weight is 827 g/mol. The van der Waals surface area contributed by atoms with E-state index in [0.717, 1.165) is 120 Å². The minimum Gasteiger partial charge on any atom is -0.308 e. The third-order valence-electron chi connectivity index (χ3n) is 11.8. The number of nitrogens with zero attached hydrogens (tertiary/aromatic N) is 10. The fraction of sp³-hybridized carbons (Fsp3) is 0. The van der Waals surface area contributed by atoms with Crippen molar-refractivity contribution in [1.29, 1.82) is 0 Å². The number of pyridine rings is 4. The number of para-hydroxylation sites is 2. The second kappa shape index (κ2) is 14.0. The van der Waals surface area contributed by atoms with Crippen molar-refractivity contribution < 1.29 is 0 Å². The third kappa shape index (κ3) is 5.71. The van der Waals surface area contributed by atoms with E-state index in [1.54, 1.807) is 0 Å². The van der Waals surface area contributed by atoms with Gasteiger partial charge in [-0.3, -0.25) is 19.9 Å². The SMILES string of the molecule is c1ccc(-n2c3ccc(-c4cncc(-c5cc6c(nn5)sc5nnc(-c7cncc(-c8ccc9c(c8)c8ncccc8n9-c8ccccc8)c7)cc56)c4)cc3c3ncccc32)cc1. The molecule has 294 valence electrons. The molecule has 9 aromatic heterocycles. The third-order valence-corrected chi connectivity index (χ3v) is 12.8. The normalized spacial score (nSPS) is 11.8. The molecule has 0 aliphatic heterocycles. The topological polar surface area (TPSA) is 113 Å². The summed E-state index contributed by atoms with van der Waals surface area (Å²) in [6, 6.07) is 50.4. The molecule has 4 aromatic carbocycles. The molecule has 9 heterocycles. The van der Waals surface area contributed by atoms with Crippen LogP contribution in [0.25, 0.3) is 120 Å². The Bertz CT molecular complexity index is 3680. The molecular weight excluding hydrogens is 797 g/mol. The summed E-state index contributed by atoms with van der Waals surface area (Å²) in [4.78, 5) is 20.5. The minimum atomic E-state index is 0.723. The lowest BCUT2D eigenvalue weighted by molar-refractivity contribution is 1.09. The highest BCUT2D eigenvalue weighted by Crippen LogP contribution is 2.38. The Hall–Kier alpha value is -8.54. The zero-order chi connectivity index (χ0) is 41.4. The van der Waals surface area contributed by atoms with Crippen LogP contribution in [0.15, 0.2) is 183 Å². The number of hydrogen-bond acceptors (Lipinski definition) is 9. The molecule has 13 aromatic rings. The van der Waals surface area contributed by atoms with E-state index >= 15 is 0 Å². The monoisotopic (exact) mass is 826 g/mol. The molecule has 13 rings (SSSR count). The van der Waals surface area contributed by atoms with Gasteiger partial charge in [0.05, 0.1) is 44.5 Å². The number of benzene rings is 4. The van der Waals surface area contributed by atoms with E-state index < -0.39 is 0 Å². The van der Waals surface area contributed by atoms with Crippen LogP contribution in [0.3, 0.4) is 0 Å². The first-order chi connectivity index (χ1) is 31.2. The molecule has 0 N–H and O–H groups in total. The molecule has 0 bridgehead atoms. The molecule has 0 amide bonds. The van der Waals surface area contributed by atoms with Crippen LogP contribution in [-0.2, 0) is 0 Å². The van der Waals surface area contributed by atoms with Crippen LogP contribution < -0.4 is 0 Å². The number of rotatable bonds is 6. The van der Waals surface area contributed by atoms with Crippen molar-refractivity contribution in [3.8, 4) is 56.1 Å². The van der Waals surface area contributed by atoms with Gasteiger partial charge in [-0.1, -0.05) is 59.9 Å². The lowest BCUT2D eigenvalue weighted by atomic mass is 10.0. The number of hydrogen-bond donors (Lipinski definition) is 0. The fourth-order valence-corrected chi connectivity index (χ4v) is 9.79. The molecule has 0 aliphatic carbocycles. The van der Waals surface area contributed by atoms with Gasteiger partial charge in [-0.05, 0) is 108 Å². The second-order valence-electron chi connectivity index (χ2n) is 15.5. The van der Waals surface area contributed by atoms with E-state index in [-0.39, 0.29) is 0 Å². The van der Waals surface area contributed by atoms with Crippen molar-refractivity contribution in [2.24, 2.45) is 0 Å². The van der Waals surface area contributed by atoms with E-state index in [0.29, 0.717) is 0 Å². The molecule has 11 heteroatoms. The van der Waals surface area contributed by atoms with E-state index in [9.17, 15) is 0 Å². The highest BCUT2D eigenvalue weighted by atomic mass is 32.1. The van der Waals surface area contributed by atoms with Crippen LogP contribution in [0.5, 0.6) is 0 Å². The van der Waals surface area contributed by atoms with E-state index in [4.69, 9.17) is 9.97 Å². The molecule has 0 atom stereocenters. The van der Waals surface area contributed by atoms with Gasteiger partial charge >= 0.3 is 0 Å². The van der Waals surface area contributed by atoms with Gasteiger partial charge < -0.3 is 9.13 Å². The molecule has 10 nitrogen and oxygen atoms in total. The fourth-order valence-electron chi connectivity index (χ4n) is 8.89. The van der Waals surface area contributed by atoms with Gasteiger partial charge in [0.1, 0.15) is 9.66 Å². The number of aromatic nitrogens is 10.